The minimum Gasteiger partial charge on any atom is -0.361 e. The van der Waals surface area contributed by atoms with E-state index in [1.54, 1.807) is 67.3 Å². The van der Waals surface area contributed by atoms with Gasteiger partial charge in [-0.25, -0.2) is 38.0 Å². The second-order valence-electron chi connectivity index (χ2n) is 33.0. The Kier molecular flexibility index (Phi) is 29.2. The van der Waals surface area contributed by atoms with Crippen molar-refractivity contribution in [3.63, 3.8) is 0 Å². The molecule has 0 spiro atoms. The quantitative estimate of drug-likeness (QED) is 0.0355. The van der Waals surface area contributed by atoms with Crippen molar-refractivity contribution in [2.75, 3.05) is 49.3 Å². The number of amides is 21. The molecule has 0 radical (unpaired) electrons. The van der Waals surface area contributed by atoms with Crippen molar-refractivity contribution in [1.82, 2.24) is 106 Å². The Morgan fingerprint density at radius 3 is 1.01 bits per heavy atom. The number of hydrogen-bond acceptors (Lipinski definition) is 14. The summed E-state index contributed by atoms with van der Waals surface area (Å²) in [5, 5.41) is 28.8. The Bertz CT molecular complexity index is 7030. The van der Waals surface area contributed by atoms with E-state index in [1.807, 2.05) is 74.0 Å². The molecule has 7 saturated heterocycles. The maximum Gasteiger partial charge on any atom is 0.324 e. The third kappa shape index (κ3) is 20.2. The summed E-state index contributed by atoms with van der Waals surface area (Å²) in [7, 11) is 10.3. The minimum atomic E-state index is -0.602. The highest BCUT2D eigenvalue weighted by molar-refractivity contribution is 14.1. The predicted octanol–water partition coefficient (Wildman–Crippen LogP) is 15.1. The molecule has 710 valence electrons. The number of benzene rings is 7. The monoisotopic (exact) mass is 2130 g/mol. The van der Waals surface area contributed by atoms with Crippen molar-refractivity contribution in [2.24, 2.45) is 0 Å². The van der Waals surface area contributed by atoms with Crippen LogP contribution in [-0.4, -0.2) is 244 Å². The van der Waals surface area contributed by atoms with Gasteiger partial charge in [0.05, 0.1) is 63.2 Å². The highest BCUT2D eigenvalue weighted by Gasteiger charge is 2.42. The number of likely N-dealkylation sites (N-methyl/N-ethyl adjacent to an activating group) is 7. The lowest BCUT2D eigenvalue weighted by molar-refractivity contribution is -0.127. The molecule has 7 aliphatic heterocycles. The van der Waals surface area contributed by atoms with Crippen molar-refractivity contribution in [2.45, 2.75) is 94.2 Å². The van der Waals surface area contributed by atoms with E-state index in [4.69, 9.17) is 92.8 Å². The molecule has 137 heavy (non-hydrogen) atoms. The molecular weight excluding hydrogens is 2050 g/mol. The van der Waals surface area contributed by atoms with E-state index < -0.39 is 54.1 Å². The Hall–Kier alpha value is -13.1. The van der Waals surface area contributed by atoms with Gasteiger partial charge in [-0.2, -0.15) is 0 Å². The summed E-state index contributed by atoms with van der Waals surface area (Å²) in [5.74, 6) is -2.06. The summed E-state index contributed by atoms with van der Waals surface area (Å²) in [6, 6.07) is 24.9. The first-order valence-electron chi connectivity index (χ1n) is 42.0. The number of carbonyl (C=O) groups is 14. The van der Waals surface area contributed by atoms with E-state index >= 15 is 0 Å². The second kappa shape index (κ2) is 40.7. The first-order chi connectivity index (χ1) is 65.1. The molecule has 21 amide bonds. The Balaban J connectivity index is 0.000000121. The molecule has 0 bridgehead atoms. The Labute approximate surface area is 830 Å². The van der Waals surface area contributed by atoms with Crippen molar-refractivity contribution in [3.8, 4) is 0 Å². The molecule has 35 nitrogen and oxygen atoms in total. The zero-order valence-electron chi connectivity index (χ0n) is 73.5. The van der Waals surface area contributed by atoms with Gasteiger partial charge in [0.15, 0.2) is 0 Å². The van der Waals surface area contributed by atoms with Crippen LogP contribution in [0.3, 0.4) is 0 Å². The van der Waals surface area contributed by atoms with Gasteiger partial charge in [-0.15, -0.1) is 0 Å². The molecule has 7 aromatic heterocycles. The molecule has 45 heteroatoms. The van der Waals surface area contributed by atoms with E-state index in [0.717, 1.165) is 148 Å². The van der Waals surface area contributed by atoms with Crippen LogP contribution in [0.2, 0.25) is 40.2 Å². The van der Waals surface area contributed by atoms with E-state index in [-0.39, 0.29) is 82.6 Å². The number of fused-ring (bicyclic) bond motifs is 7. The van der Waals surface area contributed by atoms with E-state index in [9.17, 15) is 71.5 Å². The number of urea groups is 7. The van der Waals surface area contributed by atoms with Gasteiger partial charge >= 0.3 is 42.2 Å². The molecule has 7 aliphatic rings. The molecule has 14 aromatic rings. The van der Waals surface area contributed by atoms with Crippen LogP contribution in [0.5, 0.6) is 0 Å². The standard InChI is InChI=1S/C14H15N3O2.3C13H11Cl2N3O2.C13H11ClFN3O2.C13H12ClN3O2.C13H12IN3O2/c1-8-3-4-11-10(5-8)9(7-15-11)6-12-13(18)17(2)14(19)16-12;1-18-12(19)10(17-13(18)20)2-6-5-16-11-8(6)3-7(14)4-9(11)15;1-18-12(19)9(17-13(18)20)4-6-5-16-11-8(15)3-2-7(14)10(6)11;1-18-12(19)9(17-13(18)20)4-6-5-16-11-7(6)2-3-8(14)10(11)15;1-18-12(19)9(17-13(18)20)4-6-5-16-11-7(6)2-3-8(15)10(11)14;2*1-17-12(18)10(16-13(17)19)5-7-6-15-11-8(7)3-2-4-9(11)14/h3-5,7,12,15H,6H2,1-2H3,(H,16,19);3-5,10,16H,2H2,1H3,(H,17,20);3*2-3,5,9,16H,4H2,1H3,(H,17,20);2*2-4,6,10,15H,5H2,1H3,(H,16,19)/t12-;10-;3*9-;2*10-/m1111111/s1. The number of rotatable bonds is 14. The molecular formula is C92H83Cl8FIN21O14. The lowest BCUT2D eigenvalue weighted by Crippen LogP contribution is -2.31. The van der Waals surface area contributed by atoms with Gasteiger partial charge in [-0.3, -0.25) is 67.9 Å². The summed E-state index contributed by atoms with van der Waals surface area (Å²) >= 11 is 50.7. The Morgan fingerprint density at radius 1 is 0.285 bits per heavy atom. The van der Waals surface area contributed by atoms with Crippen LogP contribution >= 0.6 is 115 Å². The number of aryl methyl sites for hydroxylation is 1. The first kappa shape index (κ1) is 98.4. The molecule has 0 saturated carbocycles. The van der Waals surface area contributed by atoms with Crippen LogP contribution in [0.25, 0.3) is 76.3 Å². The van der Waals surface area contributed by atoms with Crippen LogP contribution in [0.1, 0.15) is 44.5 Å². The smallest absolute Gasteiger partial charge is 0.324 e. The maximum absolute atomic E-state index is 13.4. The predicted molar refractivity (Wildman–Crippen MR) is 527 cm³/mol. The normalized spacial score (nSPS) is 19.1. The molecule has 14 heterocycles. The van der Waals surface area contributed by atoms with Gasteiger partial charge in [0.25, 0.3) is 41.4 Å². The van der Waals surface area contributed by atoms with Crippen molar-refractivity contribution in [3.05, 3.63) is 241 Å². The number of para-hydroxylation sites is 2. The van der Waals surface area contributed by atoms with Crippen molar-refractivity contribution in [1.29, 1.82) is 0 Å². The van der Waals surface area contributed by atoms with Gasteiger partial charge in [0.1, 0.15) is 53.1 Å². The third-order valence-electron chi connectivity index (χ3n) is 24.3. The summed E-state index contributed by atoms with van der Waals surface area (Å²) in [6.45, 7) is 2.03. The lowest BCUT2D eigenvalue weighted by Gasteiger charge is -2.07. The third-order valence-corrected chi connectivity index (χ3v) is 27.8. The fraction of sp³-hybridized carbons (Fsp3) is 0.239. The van der Waals surface area contributed by atoms with Crippen LogP contribution in [-0.2, 0) is 78.5 Å². The number of nitrogens with one attached hydrogen (secondary N) is 14. The fourth-order valence-electron chi connectivity index (χ4n) is 16.7. The summed E-state index contributed by atoms with van der Waals surface area (Å²) in [5.41, 5.74) is 13.4. The van der Waals surface area contributed by atoms with Crippen LogP contribution in [0.15, 0.2) is 147 Å². The largest absolute Gasteiger partial charge is 0.361 e. The summed E-state index contributed by atoms with van der Waals surface area (Å²) in [4.78, 5) is 192. The lowest BCUT2D eigenvalue weighted by atomic mass is 10.0. The topological polar surface area (TPSA) is 456 Å². The molecule has 14 N–H and O–H groups in total. The maximum atomic E-state index is 13.4. The van der Waals surface area contributed by atoms with Gasteiger partial charge in [0.2, 0.25) is 0 Å². The number of aromatic amines is 7. The van der Waals surface area contributed by atoms with Gasteiger partial charge in [-0.05, 0) is 135 Å². The van der Waals surface area contributed by atoms with Crippen molar-refractivity contribution >= 4 is 275 Å². The number of nitrogens with zero attached hydrogens (tertiary/aromatic N) is 7. The average molecular weight is 2140 g/mol. The molecule has 0 unspecified atom stereocenters. The molecule has 7 fully saturated rings. The highest BCUT2D eigenvalue weighted by atomic mass is 127. The van der Waals surface area contributed by atoms with Crippen LogP contribution < -0.4 is 37.2 Å². The number of halogens is 10. The number of carbonyl (C=O) groups excluding carboxylic acids is 14. The van der Waals surface area contributed by atoms with Gasteiger partial charge in [-0.1, -0.05) is 135 Å². The summed E-state index contributed by atoms with van der Waals surface area (Å²) < 4.78 is 14.5. The first-order valence-corrected chi connectivity index (χ1v) is 46.1. The Morgan fingerprint density at radius 2 is 0.591 bits per heavy atom. The minimum absolute atomic E-state index is 0.0210. The number of aromatic nitrogens is 7. The number of hydrogen-bond donors (Lipinski definition) is 14. The molecule has 0 aliphatic carbocycles. The molecule has 7 aromatic carbocycles. The number of H-pyrrole nitrogens is 7. The van der Waals surface area contributed by atoms with Crippen LogP contribution in [0.4, 0.5) is 38.0 Å². The van der Waals surface area contributed by atoms with Gasteiger partial charge in [0, 0.05) is 189 Å². The van der Waals surface area contributed by atoms with E-state index in [0.29, 0.717) is 85.6 Å². The second-order valence-corrected chi connectivity index (χ2v) is 37.3. The summed E-state index contributed by atoms with van der Waals surface area (Å²) in [6.07, 6.45) is 15.6. The SMILES string of the molecule is CN1C(=O)N[C@H](Cc2c[nH]c3c(Cl)c(Cl)ccc23)C1=O.CN1C(=O)N[C@H](Cc2c[nH]c3c(Cl)c(F)ccc23)C1=O.CN1C(=O)N[C@H](Cc2c[nH]c3c(Cl)cc(Cl)cc23)C1=O.CN1C(=O)N[C@H](Cc2c[nH]c3c(Cl)ccc(Cl)c23)C1=O.CN1C(=O)N[C@H](Cc2c[nH]c3c(Cl)cccc23)C1=O.CN1C(=O)N[C@H](Cc2c[nH]c3c(I)cccc23)C1=O.Cc1ccc2[nH]cc(C[C@H]3NC(=O)N(C)C3=O)c2c1. The molecule has 21 rings (SSSR count). The van der Waals surface area contributed by atoms with Gasteiger partial charge < -0.3 is 72.1 Å². The fourth-order valence-corrected chi connectivity index (χ4v) is 19.2. The highest BCUT2D eigenvalue weighted by Crippen LogP contribution is 2.38. The van der Waals surface area contributed by atoms with Crippen LogP contribution in [0, 0.1) is 16.3 Å². The van der Waals surface area contributed by atoms with Crippen molar-refractivity contribution < 1.29 is 71.5 Å². The van der Waals surface area contributed by atoms with E-state index in [2.05, 4.69) is 101 Å². The zero-order chi connectivity index (χ0) is 98.5. The number of imide groups is 7. The average Bonchev–Trinajstić information content (AvgIpc) is 1.60. The zero-order valence-corrected chi connectivity index (χ0v) is 81.7. The molecule has 7 atom stereocenters. The van der Waals surface area contributed by atoms with E-state index in [1.165, 1.54) is 61.0 Å².